The quantitative estimate of drug-likeness (QED) is 0.339. The molecule has 37 heavy (non-hydrogen) atoms. The second-order valence-electron chi connectivity index (χ2n) is 8.12. The first-order valence-electron chi connectivity index (χ1n) is 11.2. The molecule has 0 unspecified atom stereocenters. The van der Waals surface area contributed by atoms with Crippen molar-refractivity contribution in [3.63, 3.8) is 0 Å². The number of anilines is 1. The number of carbonyl (C=O) groups is 2. The number of nitrogens with one attached hydrogen (secondary N) is 1. The van der Waals surface area contributed by atoms with Gasteiger partial charge in [0.05, 0.1) is 34.4 Å². The molecular weight excluding hydrogens is 514 g/mol. The summed E-state index contributed by atoms with van der Waals surface area (Å²) in [5.41, 5.74) is 2.59. The lowest BCUT2D eigenvalue weighted by atomic mass is 10.2. The molecular formula is C26H25N3O6S2. The molecule has 0 aliphatic heterocycles. The van der Waals surface area contributed by atoms with Gasteiger partial charge in [0, 0.05) is 24.9 Å². The first-order chi connectivity index (χ1) is 17.7. The van der Waals surface area contributed by atoms with Crippen LogP contribution in [0.1, 0.15) is 26.3 Å². The average molecular weight is 540 g/mol. The first kappa shape index (κ1) is 26.3. The van der Waals surface area contributed by atoms with E-state index in [1.807, 2.05) is 11.5 Å². The summed E-state index contributed by atoms with van der Waals surface area (Å²) in [7, 11) is -0.932. The van der Waals surface area contributed by atoms with Crippen molar-refractivity contribution in [2.45, 2.75) is 18.4 Å². The van der Waals surface area contributed by atoms with Crippen LogP contribution in [0.15, 0.2) is 76.6 Å². The average Bonchev–Trinajstić information content (AvgIpc) is 3.22. The molecule has 0 fully saturated rings. The lowest BCUT2D eigenvalue weighted by Gasteiger charge is -2.09. The van der Waals surface area contributed by atoms with Gasteiger partial charge in [-0.3, -0.25) is 9.52 Å². The van der Waals surface area contributed by atoms with Crippen molar-refractivity contribution in [1.29, 1.82) is 0 Å². The number of nitrogens with zero attached hydrogens (tertiary/aromatic N) is 2. The molecule has 0 aliphatic rings. The highest BCUT2D eigenvalue weighted by Crippen LogP contribution is 2.21. The lowest BCUT2D eigenvalue weighted by molar-refractivity contribution is 0.0600. The molecule has 1 heterocycles. The maximum absolute atomic E-state index is 13.1. The Bertz CT molecular complexity index is 1640. The van der Waals surface area contributed by atoms with Crippen LogP contribution in [0.4, 0.5) is 5.69 Å². The smallest absolute Gasteiger partial charge is 0.337 e. The molecule has 4 rings (SSSR count). The Kier molecular flexibility index (Phi) is 7.86. The van der Waals surface area contributed by atoms with Crippen molar-refractivity contribution < 1.29 is 27.5 Å². The van der Waals surface area contributed by atoms with E-state index in [-0.39, 0.29) is 16.1 Å². The van der Waals surface area contributed by atoms with Gasteiger partial charge in [0.1, 0.15) is 0 Å². The van der Waals surface area contributed by atoms with Gasteiger partial charge in [-0.15, -0.1) is 0 Å². The summed E-state index contributed by atoms with van der Waals surface area (Å²) in [4.78, 5) is 29.9. The lowest BCUT2D eigenvalue weighted by Crippen LogP contribution is -2.19. The van der Waals surface area contributed by atoms with Gasteiger partial charge < -0.3 is 14.0 Å². The number of amides is 1. The number of aromatic nitrogens is 1. The SMILES string of the molecule is COCCn1c(=NC(=O)c2cccc(NS(=O)(=O)c3ccc(C)cc3)c2)sc2cc(C(=O)OC)ccc21. The summed E-state index contributed by atoms with van der Waals surface area (Å²) in [6.45, 7) is 2.70. The van der Waals surface area contributed by atoms with Crippen molar-refractivity contribution in [3.05, 3.63) is 88.2 Å². The van der Waals surface area contributed by atoms with Gasteiger partial charge in [-0.2, -0.15) is 4.99 Å². The van der Waals surface area contributed by atoms with Crippen LogP contribution in [-0.4, -0.2) is 45.7 Å². The van der Waals surface area contributed by atoms with E-state index in [1.165, 1.54) is 36.6 Å². The van der Waals surface area contributed by atoms with Crippen molar-refractivity contribution in [2.24, 2.45) is 4.99 Å². The van der Waals surface area contributed by atoms with Gasteiger partial charge in [0.2, 0.25) is 0 Å². The third-order valence-electron chi connectivity index (χ3n) is 5.51. The standard InChI is InChI=1S/C26H25N3O6S2/c1-17-7-10-21(11-8-17)37(32,33)28-20-6-4-5-18(15-20)24(30)27-26-29(13-14-34-2)22-12-9-19(25(31)35-3)16-23(22)36-26/h4-12,15-16,28H,13-14H2,1-3H3. The number of thiazole rings is 1. The highest BCUT2D eigenvalue weighted by atomic mass is 32.2. The second-order valence-corrected chi connectivity index (χ2v) is 10.8. The summed E-state index contributed by atoms with van der Waals surface area (Å²) >= 11 is 1.25. The number of benzene rings is 3. The number of esters is 1. The summed E-state index contributed by atoms with van der Waals surface area (Å²) in [5, 5.41) is 0. The van der Waals surface area contributed by atoms with Crippen LogP contribution in [0.2, 0.25) is 0 Å². The number of hydrogen-bond donors (Lipinski definition) is 1. The molecule has 3 aromatic carbocycles. The normalized spacial score (nSPS) is 12.0. The van der Waals surface area contributed by atoms with Crippen LogP contribution in [0.25, 0.3) is 10.2 Å². The van der Waals surface area contributed by atoms with Crippen LogP contribution < -0.4 is 9.52 Å². The Balaban J connectivity index is 1.68. The number of sulfonamides is 1. The van der Waals surface area contributed by atoms with Crippen molar-refractivity contribution in [1.82, 2.24) is 4.57 Å². The minimum Gasteiger partial charge on any atom is -0.465 e. The minimum absolute atomic E-state index is 0.121. The second kappa shape index (κ2) is 11.1. The molecule has 9 nitrogen and oxygen atoms in total. The zero-order valence-corrected chi connectivity index (χ0v) is 22.1. The van der Waals surface area contributed by atoms with E-state index in [0.29, 0.717) is 23.5 Å². The topological polar surface area (TPSA) is 116 Å². The number of ether oxygens (including phenoxy) is 2. The monoisotopic (exact) mass is 539 g/mol. The molecule has 0 bridgehead atoms. The highest BCUT2D eigenvalue weighted by Gasteiger charge is 2.16. The van der Waals surface area contributed by atoms with Crippen LogP contribution in [0.5, 0.6) is 0 Å². The summed E-state index contributed by atoms with van der Waals surface area (Å²) in [6, 6.07) is 17.8. The maximum Gasteiger partial charge on any atom is 0.337 e. The van der Waals surface area contributed by atoms with E-state index in [9.17, 15) is 18.0 Å². The van der Waals surface area contributed by atoms with Gasteiger partial charge in [0.25, 0.3) is 15.9 Å². The van der Waals surface area contributed by atoms with Crippen molar-refractivity contribution >= 4 is 49.1 Å². The minimum atomic E-state index is -3.82. The molecule has 0 aliphatic carbocycles. The van der Waals surface area contributed by atoms with E-state index < -0.39 is 21.9 Å². The molecule has 0 atom stereocenters. The van der Waals surface area contributed by atoms with Gasteiger partial charge in [-0.25, -0.2) is 13.2 Å². The van der Waals surface area contributed by atoms with E-state index in [2.05, 4.69) is 9.71 Å². The molecule has 0 radical (unpaired) electrons. The maximum atomic E-state index is 13.1. The largest absolute Gasteiger partial charge is 0.465 e. The molecule has 0 spiro atoms. The highest BCUT2D eigenvalue weighted by molar-refractivity contribution is 7.92. The van der Waals surface area contributed by atoms with Gasteiger partial charge in [0.15, 0.2) is 4.80 Å². The van der Waals surface area contributed by atoms with Crippen molar-refractivity contribution in [3.8, 4) is 0 Å². The molecule has 192 valence electrons. The van der Waals surface area contributed by atoms with Crippen LogP contribution in [0, 0.1) is 6.92 Å². The molecule has 1 amide bonds. The van der Waals surface area contributed by atoms with Crippen LogP contribution in [-0.2, 0) is 26.0 Å². The number of methoxy groups -OCH3 is 2. The Hall–Kier alpha value is -3.80. The predicted octanol–water partition coefficient (Wildman–Crippen LogP) is 3.99. The summed E-state index contributed by atoms with van der Waals surface area (Å²) in [6.07, 6.45) is 0. The van der Waals surface area contributed by atoms with E-state index in [0.717, 1.165) is 15.8 Å². The molecule has 0 saturated heterocycles. The fourth-order valence-corrected chi connectivity index (χ4v) is 5.74. The van der Waals surface area contributed by atoms with Gasteiger partial charge in [-0.05, 0) is 55.5 Å². The van der Waals surface area contributed by atoms with E-state index >= 15 is 0 Å². The third-order valence-corrected chi connectivity index (χ3v) is 7.95. The Morgan fingerprint density at radius 3 is 2.46 bits per heavy atom. The predicted molar refractivity (Wildman–Crippen MR) is 141 cm³/mol. The van der Waals surface area contributed by atoms with E-state index in [1.54, 1.807) is 55.6 Å². The van der Waals surface area contributed by atoms with Crippen LogP contribution in [0.3, 0.4) is 0 Å². The molecule has 4 aromatic rings. The zero-order chi connectivity index (χ0) is 26.6. The number of rotatable bonds is 8. The number of aryl methyl sites for hydroxylation is 1. The molecule has 0 saturated carbocycles. The molecule has 11 heteroatoms. The Morgan fingerprint density at radius 1 is 1.00 bits per heavy atom. The fourth-order valence-electron chi connectivity index (χ4n) is 3.60. The zero-order valence-electron chi connectivity index (χ0n) is 20.4. The summed E-state index contributed by atoms with van der Waals surface area (Å²) < 4.78 is 40.6. The number of hydrogen-bond acceptors (Lipinski definition) is 7. The van der Waals surface area contributed by atoms with E-state index in [4.69, 9.17) is 9.47 Å². The Labute approximate surface area is 218 Å². The number of fused-ring (bicyclic) bond motifs is 1. The third kappa shape index (κ3) is 5.96. The first-order valence-corrected chi connectivity index (χ1v) is 13.5. The summed E-state index contributed by atoms with van der Waals surface area (Å²) in [5.74, 6) is -1.000. The molecule has 1 N–H and O–H groups in total. The fraction of sp³-hybridized carbons (Fsp3) is 0.192. The van der Waals surface area contributed by atoms with Crippen LogP contribution >= 0.6 is 11.3 Å². The number of carbonyl (C=O) groups excluding carboxylic acids is 2. The van der Waals surface area contributed by atoms with Gasteiger partial charge >= 0.3 is 5.97 Å². The Morgan fingerprint density at radius 2 is 1.76 bits per heavy atom. The molecule has 1 aromatic heterocycles. The van der Waals surface area contributed by atoms with Gasteiger partial charge in [-0.1, -0.05) is 35.1 Å². The van der Waals surface area contributed by atoms with Crippen molar-refractivity contribution in [2.75, 3.05) is 25.5 Å².